The number of rotatable bonds is 4. The van der Waals surface area contributed by atoms with E-state index in [0.29, 0.717) is 6.54 Å². The summed E-state index contributed by atoms with van der Waals surface area (Å²) in [5.74, 6) is 2.66. The fourth-order valence-corrected chi connectivity index (χ4v) is 3.68. The average Bonchev–Trinajstić information content (AvgIpc) is 3.07. The van der Waals surface area contributed by atoms with Crippen molar-refractivity contribution in [2.45, 2.75) is 45.8 Å². The predicted octanol–water partition coefficient (Wildman–Crippen LogP) is 3.95. The fourth-order valence-electron chi connectivity index (χ4n) is 3.68. The second-order valence-corrected chi connectivity index (χ2v) is 6.91. The fraction of sp³-hybridized carbons (Fsp3) is 0.381. The number of aryl methyl sites for hydroxylation is 2. The number of aromatic nitrogens is 3. The minimum atomic E-state index is 0. The topological polar surface area (TPSA) is 67.1 Å². The summed E-state index contributed by atoms with van der Waals surface area (Å²) >= 11 is 0. The first kappa shape index (κ1) is 20.6. The Balaban J connectivity index is 0.00000225. The van der Waals surface area contributed by atoms with E-state index in [-0.39, 0.29) is 30.0 Å². The molecule has 0 saturated carbocycles. The van der Waals surface area contributed by atoms with E-state index in [1.54, 1.807) is 0 Å². The van der Waals surface area contributed by atoms with Gasteiger partial charge in [-0.25, -0.2) is 14.7 Å². The smallest absolute Gasteiger partial charge is 0.192 e. The van der Waals surface area contributed by atoms with Gasteiger partial charge in [-0.05, 0) is 43.0 Å². The van der Waals surface area contributed by atoms with Crippen LogP contribution in [0.25, 0.3) is 10.8 Å². The first-order valence-electron chi connectivity index (χ1n) is 9.67. The number of fused-ring (bicyclic) bond motifs is 2. The largest absolute Gasteiger partial charge is 0.357 e. The van der Waals surface area contributed by atoms with Gasteiger partial charge in [0.1, 0.15) is 11.6 Å². The van der Waals surface area contributed by atoms with Crippen LogP contribution < -0.4 is 10.6 Å². The maximum atomic E-state index is 4.84. The standard InChI is InChI=1S/C21H26N6.HI/c1-3-22-21(25-19-12-7-13-27-20(19)24-15(2)26-27)23-14-17-10-6-9-16-8-4-5-11-18(16)17;/h4-6,8-11,19H,3,7,12-14H2,1-2H3,(H2,22,23,25);1H. The zero-order valence-electron chi connectivity index (χ0n) is 16.4. The summed E-state index contributed by atoms with van der Waals surface area (Å²) in [6, 6.07) is 15.0. The van der Waals surface area contributed by atoms with E-state index in [1.807, 2.05) is 11.6 Å². The Morgan fingerprint density at radius 1 is 1.21 bits per heavy atom. The summed E-state index contributed by atoms with van der Waals surface area (Å²) in [4.78, 5) is 9.46. The Morgan fingerprint density at radius 3 is 2.89 bits per heavy atom. The predicted molar refractivity (Wildman–Crippen MR) is 124 cm³/mol. The maximum absolute atomic E-state index is 4.84. The molecule has 148 valence electrons. The van der Waals surface area contributed by atoms with Gasteiger partial charge in [-0.2, -0.15) is 5.10 Å². The van der Waals surface area contributed by atoms with Crippen LogP contribution in [0.3, 0.4) is 0 Å². The molecule has 0 spiro atoms. The van der Waals surface area contributed by atoms with E-state index < -0.39 is 0 Å². The Labute approximate surface area is 182 Å². The molecule has 0 bridgehead atoms. The zero-order valence-corrected chi connectivity index (χ0v) is 18.7. The minimum absolute atomic E-state index is 0. The molecule has 2 aromatic carbocycles. The molecular formula is C21H27IN6. The highest BCUT2D eigenvalue weighted by atomic mass is 127. The molecule has 2 heterocycles. The van der Waals surface area contributed by atoms with Gasteiger partial charge in [0.05, 0.1) is 12.6 Å². The number of hydrogen-bond acceptors (Lipinski definition) is 3. The molecule has 7 heteroatoms. The van der Waals surface area contributed by atoms with Gasteiger partial charge in [-0.15, -0.1) is 24.0 Å². The molecule has 2 N–H and O–H groups in total. The number of guanidine groups is 1. The molecule has 4 rings (SSSR count). The Morgan fingerprint density at radius 2 is 2.04 bits per heavy atom. The summed E-state index contributed by atoms with van der Waals surface area (Å²) in [5.41, 5.74) is 1.23. The summed E-state index contributed by atoms with van der Waals surface area (Å²) in [5, 5.41) is 13.9. The van der Waals surface area contributed by atoms with Gasteiger partial charge in [0, 0.05) is 13.1 Å². The molecule has 0 fully saturated rings. The van der Waals surface area contributed by atoms with Gasteiger partial charge >= 0.3 is 0 Å². The molecule has 1 aliphatic rings. The number of aliphatic imine (C=N–C) groups is 1. The van der Waals surface area contributed by atoms with Crippen LogP contribution in [0.2, 0.25) is 0 Å². The van der Waals surface area contributed by atoms with Crippen LogP contribution in [0.15, 0.2) is 47.5 Å². The number of nitrogens with one attached hydrogen (secondary N) is 2. The van der Waals surface area contributed by atoms with E-state index >= 15 is 0 Å². The van der Waals surface area contributed by atoms with Gasteiger partial charge in [0.15, 0.2) is 5.96 Å². The number of hydrogen-bond donors (Lipinski definition) is 2. The summed E-state index contributed by atoms with van der Waals surface area (Å²) in [6.45, 7) is 6.43. The van der Waals surface area contributed by atoms with Crippen LogP contribution in [0.1, 0.15) is 43.0 Å². The highest BCUT2D eigenvalue weighted by Crippen LogP contribution is 2.23. The second-order valence-electron chi connectivity index (χ2n) is 6.91. The minimum Gasteiger partial charge on any atom is -0.357 e. The average molecular weight is 490 g/mol. The van der Waals surface area contributed by atoms with Crippen molar-refractivity contribution < 1.29 is 0 Å². The third kappa shape index (κ3) is 4.45. The Hall–Kier alpha value is -2.16. The molecule has 6 nitrogen and oxygen atoms in total. The van der Waals surface area contributed by atoms with Crippen LogP contribution in [0, 0.1) is 6.92 Å². The Bertz CT molecular complexity index is 959. The third-order valence-electron chi connectivity index (χ3n) is 4.92. The SMILES string of the molecule is CCNC(=NCc1cccc2ccccc12)NC1CCCn2nc(C)nc21.I. The maximum Gasteiger partial charge on any atom is 0.192 e. The Kier molecular flexibility index (Phi) is 6.88. The van der Waals surface area contributed by atoms with Crippen molar-refractivity contribution in [2.75, 3.05) is 6.54 Å². The lowest BCUT2D eigenvalue weighted by atomic mass is 10.0. The van der Waals surface area contributed by atoms with Crippen LogP contribution in [-0.4, -0.2) is 27.3 Å². The third-order valence-corrected chi connectivity index (χ3v) is 4.92. The summed E-state index contributed by atoms with van der Waals surface area (Å²) in [7, 11) is 0. The monoisotopic (exact) mass is 490 g/mol. The van der Waals surface area contributed by atoms with Crippen molar-refractivity contribution in [2.24, 2.45) is 4.99 Å². The van der Waals surface area contributed by atoms with Crippen LogP contribution >= 0.6 is 24.0 Å². The van der Waals surface area contributed by atoms with Crippen molar-refractivity contribution in [3.63, 3.8) is 0 Å². The molecule has 0 radical (unpaired) electrons. The molecule has 1 aliphatic heterocycles. The summed E-state index contributed by atoms with van der Waals surface area (Å²) in [6.07, 6.45) is 2.13. The van der Waals surface area contributed by atoms with E-state index in [1.165, 1.54) is 16.3 Å². The van der Waals surface area contributed by atoms with E-state index in [0.717, 1.165) is 43.5 Å². The molecule has 0 aliphatic carbocycles. The van der Waals surface area contributed by atoms with E-state index in [4.69, 9.17) is 4.99 Å². The molecule has 3 aromatic rings. The van der Waals surface area contributed by atoms with Crippen molar-refractivity contribution in [3.8, 4) is 0 Å². The highest BCUT2D eigenvalue weighted by Gasteiger charge is 2.24. The molecule has 1 unspecified atom stereocenters. The zero-order chi connectivity index (χ0) is 18.6. The van der Waals surface area contributed by atoms with Gasteiger partial charge in [-0.3, -0.25) is 0 Å². The quantitative estimate of drug-likeness (QED) is 0.330. The van der Waals surface area contributed by atoms with Gasteiger partial charge in [0.25, 0.3) is 0 Å². The van der Waals surface area contributed by atoms with Crippen LogP contribution in [-0.2, 0) is 13.1 Å². The van der Waals surface area contributed by atoms with Gasteiger partial charge in [0.2, 0.25) is 0 Å². The number of nitrogens with zero attached hydrogens (tertiary/aromatic N) is 4. The van der Waals surface area contributed by atoms with Crippen LogP contribution in [0.5, 0.6) is 0 Å². The van der Waals surface area contributed by atoms with Crippen molar-refractivity contribution in [1.29, 1.82) is 0 Å². The number of halogens is 1. The normalized spacial score (nSPS) is 16.4. The summed E-state index contributed by atoms with van der Waals surface area (Å²) < 4.78 is 2.02. The lowest BCUT2D eigenvalue weighted by Gasteiger charge is -2.25. The second kappa shape index (κ2) is 9.36. The van der Waals surface area contributed by atoms with Crippen molar-refractivity contribution in [1.82, 2.24) is 25.4 Å². The molecule has 1 atom stereocenters. The van der Waals surface area contributed by atoms with Crippen LogP contribution in [0.4, 0.5) is 0 Å². The highest BCUT2D eigenvalue weighted by molar-refractivity contribution is 14.0. The molecular weight excluding hydrogens is 463 g/mol. The molecule has 0 amide bonds. The first-order valence-corrected chi connectivity index (χ1v) is 9.67. The van der Waals surface area contributed by atoms with E-state index in [9.17, 15) is 0 Å². The number of benzene rings is 2. The molecule has 28 heavy (non-hydrogen) atoms. The van der Waals surface area contributed by atoms with Gasteiger partial charge in [-0.1, -0.05) is 42.5 Å². The van der Waals surface area contributed by atoms with Gasteiger partial charge < -0.3 is 10.6 Å². The first-order chi connectivity index (χ1) is 13.2. The van der Waals surface area contributed by atoms with E-state index in [2.05, 4.69) is 70.1 Å². The lowest BCUT2D eigenvalue weighted by molar-refractivity contribution is 0.397. The molecule has 0 saturated heterocycles. The lowest BCUT2D eigenvalue weighted by Crippen LogP contribution is -2.41. The molecule has 1 aromatic heterocycles. The van der Waals surface area contributed by atoms with Crippen molar-refractivity contribution in [3.05, 3.63) is 59.7 Å². The van der Waals surface area contributed by atoms with Crippen molar-refractivity contribution >= 4 is 40.7 Å².